The van der Waals surface area contributed by atoms with E-state index < -0.39 is 0 Å². The third-order valence-electron chi connectivity index (χ3n) is 6.08. The standard InChI is InChI=1S/C19H36N4OS/c1-6-14(4)13-23-17(24)16(15(5)7-2)21-19(23)9-11-22(12-10-19)18(25)20-8-3/h14-16,21H,6-13H2,1-5H3,(H,20,25)/t14-,15-,16-/m1/s1. The van der Waals surface area contributed by atoms with E-state index in [4.69, 9.17) is 12.2 Å². The molecule has 2 saturated heterocycles. The van der Waals surface area contributed by atoms with Crippen LogP contribution in [0.4, 0.5) is 0 Å². The number of rotatable bonds is 6. The molecular formula is C19H36N4OS. The Balaban J connectivity index is 2.15. The molecule has 2 aliphatic heterocycles. The Morgan fingerprint density at radius 2 is 1.92 bits per heavy atom. The molecule has 2 N–H and O–H groups in total. The number of hydrogen-bond acceptors (Lipinski definition) is 3. The van der Waals surface area contributed by atoms with E-state index in [0.29, 0.717) is 17.7 Å². The highest BCUT2D eigenvalue weighted by atomic mass is 32.1. The van der Waals surface area contributed by atoms with Crippen LogP contribution in [0.5, 0.6) is 0 Å². The van der Waals surface area contributed by atoms with Gasteiger partial charge in [0.05, 0.1) is 11.7 Å². The minimum atomic E-state index is -0.188. The molecule has 2 heterocycles. The van der Waals surface area contributed by atoms with Gasteiger partial charge in [0.15, 0.2) is 5.11 Å². The summed E-state index contributed by atoms with van der Waals surface area (Å²) < 4.78 is 0. The number of nitrogens with one attached hydrogen (secondary N) is 2. The molecule has 1 spiro atoms. The van der Waals surface area contributed by atoms with Crippen molar-refractivity contribution in [1.29, 1.82) is 0 Å². The molecule has 5 nitrogen and oxygen atoms in total. The Morgan fingerprint density at radius 3 is 2.44 bits per heavy atom. The van der Waals surface area contributed by atoms with Crippen LogP contribution in [0, 0.1) is 11.8 Å². The molecule has 2 aliphatic rings. The van der Waals surface area contributed by atoms with Crippen molar-refractivity contribution in [3.8, 4) is 0 Å². The Kier molecular flexibility index (Phi) is 7.09. The van der Waals surface area contributed by atoms with Crippen LogP contribution in [0.1, 0.15) is 60.3 Å². The van der Waals surface area contributed by atoms with E-state index in [1.165, 1.54) is 0 Å². The van der Waals surface area contributed by atoms with Crippen LogP contribution in [-0.4, -0.2) is 58.7 Å². The normalized spacial score (nSPS) is 25.3. The largest absolute Gasteiger partial charge is 0.363 e. The van der Waals surface area contributed by atoms with Gasteiger partial charge >= 0.3 is 0 Å². The maximum atomic E-state index is 13.2. The number of carbonyl (C=O) groups excluding carboxylic acids is 1. The van der Waals surface area contributed by atoms with Crippen molar-refractivity contribution in [2.24, 2.45) is 11.8 Å². The van der Waals surface area contributed by atoms with Crippen molar-refractivity contribution in [3.63, 3.8) is 0 Å². The van der Waals surface area contributed by atoms with Gasteiger partial charge in [-0.05, 0) is 31.0 Å². The minimum Gasteiger partial charge on any atom is -0.363 e. The van der Waals surface area contributed by atoms with Gasteiger partial charge in [-0.25, -0.2) is 0 Å². The lowest BCUT2D eigenvalue weighted by molar-refractivity contribution is -0.134. The van der Waals surface area contributed by atoms with Crippen molar-refractivity contribution in [3.05, 3.63) is 0 Å². The summed E-state index contributed by atoms with van der Waals surface area (Å²) in [5, 5.41) is 7.85. The van der Waals surface area contributed by atoms with Crippen molar-refractivity contribution < 1.29 is 4.79 Å². The van der Waals surface area contributed by atoms with Gasteiger partial charge in [-0.2, -0.15) is 0 Å². The third-order valence-corrected chi connectivity index (χ3v) is 6.49. The highest BCUT2D eigenvalue weighted by Crippen LogP contribution is 2.35. The molecule has 0 aromatic rings. The first-order valence-electron chi connectivity index (χ1n) is 10.00. The van der Waals surface area contributed by atoms with Crippen molar-refractivity contribution in [1.82, 2.24) is 20.4 Å². The molecule has 6 heteroatoms. The molecule has 0 unspecified atom stereocenters. The fourth-order valence-corrected chi connectivity index (χ4v) is 4.22. The highest BCUT2D eigenvalue weighted by Gasteiger charge is 2.52. The second-order valence-electron chi connectivity index (χ2n) is 7.82. The quantitative estimate of drug-likeness (QED) is 0.706. The molecule has 0 aromatic heterocycles. The first kappa shape index (κ1) is 20.4. The second kappa shape index (κ2) is 8.67. The number of nitrogens with zero attached hydrogens (tertiary/aromatic N) is 2. The summed E-state index contributed by atoms with van der Waals surface area (Å²) >= 11 is 5.47. The summed E-state index contributed by atoms with van der Waals surface area (Å²) in [4.78, 5) is 17.6. The molecule has 25 heavy (non-hydrogen) atoms. The van der Waals surface area contributed by atoms with Crippen LogP contribution < -0.4 is 10.6 Å². The van der Waals surface area contributed by atoms with E-state index >= 15 is 0 Å². The van der Waals surface area contributed by atoms with Gasteiger partial charge in [0, 0.05) is 39.0 Å². The number of carbonyl (C=O) groups is 1. The summed E-state index contributed by atoms with van der Waals surface area (Å²) in [7, 11) is 0. The van der Waals surface area contributed by atoms with Gasteiger partial charge in [0.2, 0.25) is 5.91 Å². The van der Waals surface area contributed by atoms with Gasteiger partial charge in [-0.3, -0.25) is 10.1 Å². The van der Waals surface area contributed by atoms with E-state index in [2.05, 4.69) is 55.1 Å². The summed E-state index contributed by atoms with van der Waals surface area (Å²) in [5.41, 5.74) is -0.188. The number of piperidine rings is 1. The zero-order chi connectivity index (χ0) is 18.6. The minimum absolute atomic E-state index is 0.0404. The van der Waals surface area contributed by atoms with Crippen molar-refractivity contribution >= 4 is 23.2 Å². The lowest BCUT2D eigenvalue weighted by Crippen LogP contribution is -2.61. The lowest BCUT2D eigenvalue weighted by Gasteiger charge is -2.46. The predicted octanol–water partition coefficient (Wildman–Crippen LogP) is 2.57. The SMILES string of the molecule is CCNC(=S)N1CCC2(CC1)N[C@H]([C@H](C)CC)C(=O)N2C[C@H](C)CC. The molecule has 0 bridgehead atoms. The molecule has 0 aromatic carbocycles. The monoisotopic (exact) mass is 368 g/mol. The van der Waals surface area contributed by atoms with E-state index in [1.807, 2.05) is 0 Å². The van der Waals surface area contributed by atoms with E-state index in [0.717, 1.165) is 57.0 Å². The van der Waals surface area contributed by atoms with E-state index in [9.17, 15) is 4.79 Å². The first-order chi connectivity index (χ1) is 11.9. The molecule has 3 atom stereocenters. The lowest BCUT2D eigenvalue weighted by atomic mass is 9.94. The maximum Gasteiger partial charge on any atom is 0.241 e. The van der Waals surface area contributed by atoms with Crippen LogP contribution >= 0.6 is 12.2 Å². The van der Waals surface area contributed by atoms with E-state index in [1.54, 1.807) is 0 Å². The van der Waals surface area contributed by atoms with Gasteiger partial charge in [0.25, 0.3) is 0 Å². The van der Waals surface area contributed by atoms with Crippen LogP contribution in [0.2, 0.25) is 0 Å². The van der Waals surface area contributed by atoms with Gasteiger partial charge < -0.3 is 15.1 Å². The Morgan fingerprint density at radius 1 is 1.28 bits per heavy atom. The Hall–Kier alpha value is -0.880. The number of thiocarbonyl (C=S) groups is 1. The third kappa shape index (κ3) is 4.27. The number of amides is 1. The Bertz CT molecular complexity index is 476. The molecule has 0 radical (unpaired) electrons. The van der Waals surface area contributed by atoms with Gasteiger partial charge in [-0.15, -0.1) is 0 Å². The summed E-state index contributed by atoms with van der Waals surface area (Å²) in [6.07, 6.45) is 4.00. The predicted molar refractivity (Wildman–Crippen MR) is 107 cm³/mol. The highest BCUT2D eigenvalue weighted by molar-refractivity contribution is 7.80. The van der Waals surface area contributed by atoms with E-state index in [-0.39, 0.29) is 11.7 Å². The van der Waals surface area contributed by atoms with Crippen molar-refractivity contribution in [2.45, 2.75) is 72.0 Å². The molecular weight excluding hydrogens is 332 g/mol. The van der Waals surface area contributed by atoms with Crippen LogP contribution in [-0.2, 0) is 4.79 Å². The zero-order valence-electron chi connectivity index (χ0n) is 16.6. The number of likely N-dealkylation sites (tertiary alicyclic amines) is 1. The summed E-state index contributed by atoms with van der Waals surface area (Å²) in [6, 6.07) is -0.0404. The van der Waals surface area contributed by atoms with Crippen molar-refractivity contribution in [2.75, 3.05) is 26.2 Å². The molecule has 144 valence electrons. The first-order valence-corrected chi connectivity index (χ1v) is 10.4. The Labute approximate surface area is 158 Å². The molecule has 0 saturated carbocycles. The molecule has 0 aliphatic carbocycles. The topological polar surface area (TPSA) is 47.6 Å². The van der Waals surface area contributed by atoms with Crippen LogP contribution in [0.25, 0.3) is 0 Å². The average molecular weight is 369 g/mol. The summed E-state index contributed by atoms with van der Waals surface area (Å²) in [6.45, 7) is 14.4. The van der Waals surface area contributed by atoms with Gasteiger partial charge in [0.1, 0.15) is 0 Å². The van der Waals surface area contributed by atoms with Crippen LogP contribution in [0.15, 0.2) is 0 Å². The second-order valence-corrected chi connectivity index (χ2v) is 8.21. The fraction of sp³-hybridized carbons (Fsp3) is 0.895. The molecule has 2 rings (SSSR count). The maximum absolute atomic E-state index is 13.2. The number of hydrogen-bond donors (Lipinski definition) is 2. The molecule has 1 amide bonds. The van der Waals surface area contributed by atoms with Gasteiger partial charge in [-0.1, -0.05) is 40.5 Å². The smallest absolute Gasteiger partial charge is 0.241 e. The zero-order valence-corrected chi connectivity index (χ0v) is 17.4. The average Bonchev–Trinajstić information content (AvgIpc) is 2.87. The van der Waals surface area contributed by atoms with Crippen LogP contribution in [0.3, 0.4) is 0 Å². The summed E-state index contributed by atoms with van der Waals surface area (Å²) in [5.74, 6) is 1.20. The fourth-order valence-electron chi connectivity index (χ4n) is 3.89. The molecule has 2 fully saturated rings.